The van der Waals surface area contributed by atoms with Crippen molar-refractivity contribution in [2.24, 2.45) is 0 Å². The van der Waals surface area contributed by atoms with Gasteiger partial charge in [-0.1, -0.05) is 12.1 Å². The summed E-state index contributed by atoms with van der Waals surface area (Å²) in [5.74, 6) is -2.70. The molecule has 1 N–H and O–H groups in total. The summed E-state index contributed by atoms with van der Waals surface area (Å²) in [5.41, 5.74) is -0.565. The van der Waals surface area contributed by atoms with Crippen molar-refractivity contribution in [1.82, 2.24) is 5.32 Å². The standard InChI is InChI=1S/C16H12F5NO2/c17-12-4-5-14(13(18)7-12)24-9-15(23)22-8-10-2-1-3-11(6-10)16(19,20)21/h1-7H,8-9H2,(H,22,23). The van der Waals surface area contributed by atoms with E-state index in [9.17, 15) is 26.7 Å². The number of carbonyl (C=O) groups is 1. The minimum Gasteiger partial charge on any atom is -0.481 e. The van der Waals surface area contributed by atoms with Crippen LogP contribution in [0.4, 0.5) is 22.0 Å². The van der Waals surface area contributed by atoms with E-state index in [2.05, 4.69) is 5.32 Å². The van der Waals surface area contributed by atoms with Gasteiger partial charge in [0, 0.05) is 12.6 Å². The first-order valence-corrected chi connectivity index (χ1v) is 6.76. The highest BCUT2D eigenvalue weighted by atomic mass is 19.4. The van der Waals surface area contributed by atoms with Gasteiger partial charge in [-0.2, -0.15) is 13.2 Å². The van der Waals surface area contributed by atoms with E-state index in [4.69, 9.17) is 4.74 Å². The number of ether oxygens (including phenoxy) is 1. The van der Waals surface area contributed by atoms with Crippen LogP contribution >= 0.6 is 0 Å². The molecule has 2 aromatic carbocycles. The molecule has 0 spiro atoms. The van der Waals surface area contributed by atoms with Gasteiger partial charge in [0.25, 0.3) is 5.91 Å². The first-order valence-electron chi connectivity index (χ1n) is 6.76. The lowest BCUT2D eigenvalue weighted by Crippen LogP contribution is -2.28. The summed E-state index contributed by atoms with van der Waals surface area (Å²) in [6.07, 6.45) is -4.47. The zero-order valence-corrected chi connectivity index (χ0v) is 12.2. The molecule has 0 heterocycles. The molecule has 8 heteroatoms. The second-order valence-corrected chi connectivity index (χ2v) is 4.84. The third-order valence-electron chi connectivity index (χ3n) is 3.00. The van der Waals surface area contributed by atoms with Crippen molar-refractivity contribution in [3.8, 4) is 5.75 Å². The number of halogens is 5. The minimum absolute atomic E-state index is 0.141. The Morgan fingerprint density at radius 3 is 2.50 bits per heavy atom. The quantitative estimate of drug-likeness (QED) is 0.840. The van der Waals surface area contributed by atoms with Crippen LogP contribution in [0.25, 0.3) is 0 Å². The fourth-order valence-corrected chi connectivity index (χ4v) is 1.84. The molecule has 0 saturated heterocycles. The molecule has 2 rings (SSSR count). The van der Waals surface area contributed by atoms with E-state index in [0.717, 1.165) is 24.3 Å². The molecule has 2 aromatic rings. The SMILES string of the molecule is O=C(COc1ccc(F)cc1F)NCc1cccc(C(F)(F)F)c1. The van der Waals surface area contributed by atoms with Crippen LogP contribution in [0.15, 0.2) is 42.5 Å². The molecule has 0 aliphatic rings. The summed E-state index contributed by atoms with van der Waals surface area (Å²) >= 11 is 0. The highest BCUT2D eigenvalue weighted by molar-refractivity contribution is 5.77. The maximum absolute atomic E-state index is 13.3. The van der Waals surface area contributed by atoms with Crippen molar-refractivity contribution in [2.45, 2.75) is 12.7 Å². The van der Waals surface area contributed by atoms with Crippen molar-refractivity contribution in [1.29, 1.82) is 0 Å². The highest BCUT2D eigenvalue weighted by Gasteiger charge is 2.30. The lowest BCUT2D eigenvalue weighted by Gasteiger charge is -2.10. The second kappa shape index (κ2) is 7.29. The van der Waals surface area contributed by atoms with Gasteiger partial charge in [0.2, 0.25) is 0 Å². The van der Waals surface area contributed by atoms with E-state index < -0.39 is 35.9 Å². The normalized spacial score (nSPS) is 11.2. The molecule has 0 bridgehead atoms. The lowest BCUT2D eigenvalue weighted by molar-refractivity contribution is -0.137. The van der Waals surface area contributed by atoms with Crippen molar-refractivity contribution in [3.05, 3.63) is 65.2 Å². The van der Waals surface area contributed by atoms with Crippen LogP contribution in [-0.4, -0.2) is 12.5 Å². The Morgan fingerprint density at radius 2 is 1.83 bits per heavy atom. The maximum Gasteiger partial charge on any atom is 0.416 e. The maximum atomic E-state index is 13.3. The van der Waals surface area contributed by atoms with Crippen LogP contribution in [-0.2, 0) is 17.5 Å². The summed E-state index contributed by atoms with van der Waals surface area (Å²) in [5, 5.41) is 2.35. The predicted molar refractivity (Wildman–Crippen MR) is 75.1 cm³/mol. The Hall–Kier alpha value is -2.64. The molecule has 128 valence electrons. The van der Waals surface area contributed by atoms with Crippen LogP contribution in [0, 0.1) is 11.6 Å². The molecule has 0 radical (unpaired) electrons. The Balaban J connectivity index is 1.87. The molecule has 24 heavy (non-hydrogen) atoms. The fourth-order valence-electron chi connectivity index (χ4n) is 1.84. The molecule has 0 fully saturated rings. The monoisotopic (exact) mass is 345 g/mol. The molecule has 0 aliphatic heterocycles. The summed E-state index contributed by atoms with van der Waals surface area (Å²) in [6.45, 7) is -0.695. The highest BCUT2D eigenvalue weighted by Crippen LogP contribution is 2.29. The largest absolute Gasteiger partial charge is 0.481 e. The van der Waals surface area contributed by atoms with E-state index in [1.54, 1.807) is 0 Å². The van der Waals surface area contributed by atoms with Gasteiger partial charge in [-0.3, -0.25) is 4.79 Å². The smallest absolute Gasteiger partial charge is 0.416 e. The Labute approximate surface area is 134 Å². The molecular weight excluding hydrogens is 333 g/mol. The summed E-state index contributed by atoms with van der Waals surface area (Å²) in [4.78, 5) is 11.6. The Bertz CT molecular complexity index is 731. The van der Waals surface area contributed by atoms with Crippen LogP contribution in [0.5, 0.6) is 5.75 Å². The van der Waals surface area contributed by atoms with Gasteiger partial charge in [-0.25, -0.2) is 8.78 Å². The van der Waals surface area contributed by atoms with E-state index in [1.165, 1.54) is 12.1 Å². The predicted octanol–water partition coefficient (Wildman–Crippen LogP) is 3.68. The van der Waals surface area contributed by atoms with Crippen molar-refractivity contribution >= 4 is 5.91 Å². The number of nitrogens with one attached hydrogen (secondary N) is 1. The summed E-state index contributed by atoms with van der Waals surface area (Å²) in [7, 11) is 0. The van der Waals surface area contributed by atoms with Crippen molar-refractivity contribution < 1.29 is 31.5 Å². The number of hydrogen-bond acceptors (Lipinski definition) is 2. The molecule has 0 unspecified atom stereocenters. The van der Waals surface area contributed by atoms with Crippen molar-refractivity contribution in [3.63, 3.8) is 0 Å². The van der Waals surface area contributed by atoms with Crippen molar-refractivity contribution in [2.75, 3.05) is 6.61 Å². The molecule has 0 saturated carbocycles. The van der Waals surface area contributed by atoms with Crippen LogP contribution in [0.2, 0.25) is 0 Å². The first kappa shape index (κ1) is 17.7. The molecule has 0 aliphatic carbocycles. The third-order valence-corrected chi connectivity index (χ3v) is 3.00. The Kier molecular flexibility index (Phi) is 5.38. The average Bonchev–Trinajstić information content (AvgIpc) is 2.51. The molecule has 3 nitrogen and oxygen atoms in total. The molecule has 1 amide bonds. The lowest BCUT2D eigenvalue weighted by atomic mass is 10.1. The summed E-state index contributed by atoms with van der Waals surface area (Å²) in [6, 6.07) is 7.11. The molecule has 0 aromatic heterocycles. The second-order valence-electron chi connectivity index (χ2n) is 4.84. The molecular formula is C16H12F5NO2. The van der Waals surface area contributed by atoms with Gasteiger partial charge >= 0.3 is 6.18 Å². The van der Waals surface area contributed by atoms with Crippen LogP contribution in [0.1, 0.15) is 11.1 Å². The van der Waals surface area contributed by atoms with Gasteiger partial charge in [0.05, 0.1) is 5.56 Å². The van der Waals surface area contributed by atoms with Crippen LogP contribution in [0.3, 0.4) is 0 Å². The van der Waals surface area contributed by atoms with Gasteiger partial charge in [-0.15, -0.1) is 0 Å². The fraction of sp³-hybridized carbons (Fsp3) is 0.188. The topological polar surface area (TPSA) is 38.3 Å². The van der Waals surface area contributed by atoms with Crippen LogP contribution < -0.4 is 10.1 Å². The van der Waals surface area contributed by atoms with Gasteiger partial charge < -0.3 is 10.1 Å². The number of hydrogen-bond donors (Lipinski definition) is 1. The van der Waals surface area contributed by atoms with Gasteiger partial charge in [0.15, 0.2) is 18.2 Å². The zero-order valence-electron chi connectivity index (χ0n) is 12.2. The average molecular weight is 345 g/mol. The molecule has 0 atom stereocenters. The minimum atomic E-state index is -4.47. The van der Waals surface area contributed by atoms with E-state index in [-0.39, 0.29) is 17.9 Å². The van der Waals surface area contributed by atoms with E-state index in [0.29, 0.717) is 6.07 Å². The Morgan fingerprint density at radius 1 is 1.08 bits per heavy atom. The number of amides is 1. The number of rotatable bonds is 5. The van der Waals surface area contributed by atoms with E-state index >= 15 is 0 Å². The van der Waals surface area contributed by atoms with Gasteiger partial charge in [0.1, 0.15) is 5.82 Å². The zero-order chi connectivity index (χ0) is 17.7. The van der Waals surface area contributed by atoms with E-state index in [1.807, 2.05) is 0 Å². The van der Waals surface area contributed by atoms with Gasteiger partial charge in [-0.05, 0) is 29.8 Å². The number of alkyl halides is 3. The third kappa shape index (κ3) is 4.94. The summed E-state index contributed by atoms with van der Waals surface area (Å²) < 4.78 is 68.6. The number of carbonyl (C=O) groups excluding carboxylic acids is 1. The number of benzene rings is 2. The first-order chi connectivity index (χ1) is 11.3.